The molecule has 1 radical (unpaired) electrons. The van der Waals surface area contributed by atoms with E-state index in [0.717, 1.165) is 36.0 Å². The Kier molecular flexibility index (Phi) is 8.68. The van der Waals surface area contributed by atoms with Gasteiger partial charge < -0.3 is 5.11 Å². The molecule has 27 heavy (non-hydrogen) atoms. The van der Waals surface area contributed by atoms with Gasteiger partial charge in [-0.3, -0.25) is 0 Å². The van der Waals surface area contributed by atoms with Gasteiger partial charge in [0, 0.05) is 38.6 Å². The minimum absolute atomic E-state index is 0. The second-order valence-electron chi connectivity index (χ2n) is 10.1. The molecule has 4 rings (SSSR count). The van der Waals surface area contributed by atoms with Crippen molar-refractivity contribution in [1.29, 1.82) is 0 Å². The van der Waals surface area contributed by atoms with Crippen LogP contribution in [0.4, 0.5) is 0 Å². The van der Waals surface area contributed by atoms with E-state index in [4.69, 9.17) is 0 Å². The smallest absolute Gasteiger partial charge is 0.0608 e. The maximum absolute atomic E-state index is 10.8. The van der Waals surface area contributed by atoms with E-state index < -0.39 is 0 Å². The van der Waals surface area contributed by atoms with E-state index in [1.165, 1.54) is 83.5 Å². The van der Waals surface area contributed by atoms with E-state index in [-0.39, 0.29) is 38.8 Å². The van der Waals surface area contributed by atoms with Gasteiger partial charge in [0.05, 0.1) is 6.10 Å². The third-order valence-corrected chi connectivity index (χ3v) is 8.60. The number of aliphatic hydroxyl groups is 1. The van der Waals surface area contributed by atoms with Crippen LogP contribution in [0.3, 0.4) is 0 Å². The van der Waals surface area contributed by atoms with Crippen LogP contribution in [0, 0.1) is 35.5 Å². The molecule has 0 bridgehead atoms. The second kappa shape index (κ2) is 10.5. The summed E-state index contributed by atoms with van der Waals surface area (Å²) in [6.45, 7) is 3.99. The van der Waals surface area contributed by atoms with Crippen molar-refractivity contribution in [3.63, 3.8) is 0 Å². The van der Waals surface area contributed by atoms with Crippen LogP contribution in [-0.4, -0.2) is 11.2 Å². The van der Waals surface area contributed by atoms with Crippen LogP contribution in [0.5, 0.6) is 0 Å². The van der Waals surface area contributed by atoms with E-state index >= 15 is 0 Å². The van der Waals surface area contributed by atoms with Gasteiger partial charge in [0.1, 0.15) is 0 Å². The molecule has 1 N–H and O–H groups in total. The van der Waals surface area contributed by atoms with Crippen LogP contribution < -0.4 is 0 Å². The summed E-state index contributed by atoms with van der Waals surface area (Å²) in [5, 5.41) is 10.8. The van der Waals surface area contributed by atoms with Crippen LogP contribution in [0.25, 0.3) is 0 Å². The van der Waals surface area contributed by atoms with Crippen LogP contribution >= 0.6 is 0 Å². The quantitative estimate of drug-likeness (QED) is 0.469. The molecular formula is C25H40OY. The van der Waals surface area contributed by atoms with E-state index in [2.05, 4.69) is 18.7 Å². The fourth-order valence-corrected chi connectivity index (χ4v) is 6.57. The third-order valence-electron chi connectivity index (χ3n) is 8.60. The fraction of sp³-hybridized carbons (Fsp3) is 0.840. The Morgan fingerprint density at radius 3 is 2.26 bits per heavy atom. The topological polar surface area (TPSA) is 20.2 Å². The Hall–Kier alpha value is 0.544. The van der Waals surface area contributed by atoms with Crippen molar-refractivity contribution in [2.75, 3.05) is 0 Å². The fourth-order valence-electron chi connectivity index (χ4n) is 6.57. The minimum Gasteiger partial charge on any atom is -0.392 e. The molecule has 2 heteroatoms. The molecule has 3 saturated carbocycles. The Morgan fingerprint density at radius 2 is 1.70 bits per heavy atom. The zero-order chi connectivity index (χ0) is 17.9. The van der Waals surface area contributed by atoms with Crippen molar-refractivity contribution in [1.82, 2.24) is 0 Å². The standard InChI is InChI=1S/C25H40O.Y/c1-2-18-6-9-21(10-7-18)22-11-13-23(14-12-22)24-15-8-20(17-25(24)26)16-19-4-3-5-19;/h2,13,18-22,24-26H,1,3-12,14-17H2;. The van der Waals surface area contributed by atoms with Crippen molar-refractivity contribution in [3.8, 4) is 0 Å². The van der Waals surface area contributed by atoms with Crippen molar-refractivity contribution in [2.24, 2.45) is 35.5 Å². The summed E-state index contributed by atoms with van der Waals surface area (Å²) in [4.78, 5) is 0. The van der Waals surface area contributed by atoms with Gasteiger partial charge >= 0.3 is 0 Å². The van der Waals surface area contributed by atoms with Gasteiger partial charge in [0.15, 0.2) is 0 Å². The summed E-state index contributed by atoms with van der Waals surface area (Å²) in [6, 6.07) is 0. The Bertz CT molecular complexity index is 500. The molecule has 0 saturated heterocycles. The first kappa shape index (κ1) is 22.2. The first-order valence-electron chi connectivity index (χ1n) is 11.7. The molecule has 0 aromatic rings. The molecule has 4 unspecified atom stereocenters. The van der Waals surface area contributed by atoms with Gasteiger partial charge in [-0.05, 0) is 100 Å². The zero-order valence-electron chi connectivity index (χ0n) is 17.3. The number of aliphatic hydroxyl groups excluding tert-OH is 1. The van der Waals surface area contributed by atoms with E-state index in [9.17, 15) is 5.11 Å². The van der Waals surface area contributed by atoms with E-state index in [0.29, 0.717) is 5.92 Å². The van der Waals surface area contributed by atoms with Gasteiger partial charge in [-0.25, -0.2) is 0 Å². The van der Waals surface area contributed by atoms with Crippen LogP contribution in [0.1, 0.15) is 89.9 Å². The van der Waals surface area contributed by atoms with Gasteiger partial charge in [0.25, 0.3) is 0 Å². The normalized spacial score (nSPS) is 40.4. The Morgan fingerprint density at radius 1 is 0.926 bits per heavy atom. The Balaban J connectivity index is 0.00000210. The van der Waals surface area contributed by atoms with Gasteiger partial charge in [-0.2, -0.15) is 0 Å². The van der Waals surface area contributed by atoms with Gasteiger partial charge in [-0.1, -0.05) is 37.0 Å². The summed E-state index contributed by atoms with van der Waals surface area (Å²) >= 11 is 0. The summed E-state index contributed by atoms with van der Waals surface area (Å²) in [7, 11) is 0. The van der Waals surface area contributed by atoms with Crippen LogP contribution in [0.2, 0.25) is 0 Å². The zero-order valence-corrected chi connectivity index (χ0v) is 20.2. The average Bonchev–Trinajstić information content (AvgIpc) is 2.65. The number of hydrogen-bond acceptors (Lipinski definition) is 1. The van der Waals surface area contributed by atoms with Crippen molar-refractivity contribution in [3.05, 3.63) is 24.3 Å². The van der Waals surface area contributed by atoms with Crippen molar-refractivity contribution in [2.45, 2.75) is 96.0 Å². The molecule has 3 fully saturated rings. The summed E-state index contributed by atoms with van der Waals surface area (Å²) in [5.41, 5.74) is 1.62. The summed E-state index contributed by atoms with van der Waals surface area (Å²) < 4.78 is 0. The molecule has 1 nitrogen and oxygen atoms in total. The molecule has 0 aromatic heterocycles. The number of hydrogen-bond donors (Lipinski definition) is 1. The molecule has 0 amide bonds. The van der Waals surface area contributed by atoms with Crippen LogP contribution in [0.15, 0.2) is 24.3 Å². The molecule has 4 atom stereocenters. The van der Waals surface area contributed by atoms with Crippen molar-refractivity contribution >= 4 is 0 Å². The maximum atomic E-state index is 10.8. The number of rotatable bonds is 5. The number of allylic oxidation sites excluding steroid dienone is 2. The summed E-state index contributed by atoms with van der Waals surface area (Å²) in [6.07, 6.45) is 23.6. The average molecular weight is 446 g/mol. The molecule has 0 spiro atoms. The molecule has 149 valence electrons. The van der Waals surface area contributed by atoms with Crippen molar-refractivity contribution < 1.29 is 37.8 Å². The van der Waals surface area contributed by atoms with Crippen LogP contribution in [-0.2, 0) is 32.7 Å². The van der Waals surface area contributed by atoms with Gasteiger partial charge in [0.2, 0.25) is 0 Å². The second-order valence-corrected chi connectivity index (χ2v) is 10.1. The predicted molar refractivity (Wildman–Crippen MR) is 110 cm³/mol. The van der Waals surface area contributed by atoms with E-state index in [1.807, 2.05) is 0 Å². The Labute approximate surface area is 192 Å². The maximum Gasteiger partial charge on any atom is 0.0608 e. The first-order valence-corrected chi connectivity index (χ1v) is 11.7. The van der Waals surface area contributed by atoms with Gasteiger partial charge in [-0.15, -0.1) is 6.58 Å². The monoisotopic (exact) mass is 445 g/mol. The molecular weight excluding hydrogens is 405 g/mol. The largest absolute Gasteiger partial charge is 0.392 e. The van der Waals surface area contributed by atoms with E-state index in [1.54, 1.807) is 5.57 Å². The molecule has 0 heterocycles. The third kappa shape index (κ3) is 5.58. The molecule has 4 aliphatic carbocycles. The molecule has 0 aliphatic heterocycles. The molecule has 0 aromatic carbocycles. The first-order chi connectivity index (χ1) is 12.7. The molecule has 4 aliphatic rings. The minimum atomic E-state index is -0.0559. The predicted octanol–water partition coefficient (Wildman–Crippen LogP) is 6.67. The SMILES string of the molecule is C=CC1CCC(C2CC=C(C3CCC(CC4CCC4)CC3O)CC2)CC1.[Y]. The summed E-state index contributed by atoms with van der Waals surface area (Å²) in [5.74, 6) is 4.94.